The zero-order valence-electron chi connectivity index (χ0n) is 10.9. The standard InChI is InChI=1S/C14H16N2O4/c17-12-11(10-4-2-1-3-5-10)16(13(12)18)14(19)15-6-8-20-9-7-15/h1-5,11-12,17H,6-9H2/t11-,12+/m0/s1. The lowest BCUT2D eigenvalue weighted by atomic mass is 9.91. The van der Waals surface area contributed by atoms with E-state index in [1.165, 1.54) is 0 Å². The molecule has 2 saturated heterocycles. The topological polar surface area (TPSA) is 70.1 Å². The summed E-state index contributed by atoms with van der Waals surface area (Å²) in [6, 6.07) is 8.17. The second kappa shape index (κ2) is 5.22. The first-order valence-corrected chi connectivity index (χ1v) is 6.63. The zero-order valence-corrected chi connectivity index (χ0v) is 10.9. The van der Waals surface area contributed by atoms with Gasteiger partial charge in [-0.05, 0) is 5.56 Å². The molecule has 0 bridgehead atoms. The van der Waals surface area contributed by atoms with Gasteiger partial charge in [-0.2, -0.15) is 0 Å². The van der Waals surface area contributed by atoms with Crippen LogP contribution in [-0.4, -0.2) is 59.3 Å². The van der Waals surface area contributed by atoms with E-state index in [-0.39, 0.29) is 6.03 Å². The van der Waals surface area contributed by atoms with Crippen LogP contribution in [0, 0.1) is 0 Å². The number of rotatable bonds is 1. The van der Waals surface area contributed by atoms with Gasteiger partial charge in [-0.25, -0.2) is 4.79 Å². The third kappa shape index (κ3) is 2.07. The van der Waals surface area contributed by atoms with Crippen molar-refractivity contribution in [3.8, 4) is 0 Å². The number of carbonyl (C=O) groups excluding carboxylic acids is 2. The SMILES string of the molecule is O=C1[C@H](O)[C@H](c2ccccc2)N1C(=O)N1CCOCC1. The van der Waals surface area contributed by atoms with E-state index in [9.17, 15) is 14.7 Å². The maximum Gasteiger partial charge on any atom is 0.327 e. The predicted molar refractivity (Wildman–Crippen MR) is 69.8 cm³/mol. The second-order valence-corrected chi connectivity index (χ2v) is 4.89. The number of carbonyl (C=O) groups is 2. The quantitative estimate of drug-likeness (QED) is 0.753. The molecular weight excluding hydrogens is 260 g/mol. The van der Waals surface area contributed by atoms with Crippen LogP contribution in [0.15, 0.2) is 30.3 Å². The molecule has 6 heteroatoms. The van der Waals surface area contributed by atoms with Crippen LogP contribution in [0.25, 0.3) is 0 Å². The van der Waals surface area contributed by atoms with E-state index in [2.05, 4.69) is 0 Å². The first-order chi connectivity index (χ1) is 9.70. The summed E-state index contributed by atoms with van der Waals surface area (Å²) in [6.07, 6.45) is -1.14. The van der Waals surface area contributed by atoms with Gasteiger partial charge in [-0.15, -0.1) is 0 Å². The van der Waals surface area contributed by atoms with Crippen molar-refractivity contribution >= 4 is 11.9 Å². The van der Waals surface area contributed by atoms with Crippen LogP contribution in [0.1, 0.15) is 11.6 Å². The van der Waals surface area contributed by atoms with Gasteiger partial charge < -0.3 is 14.7 Å². The molecule has 0 aromatic heterocycles. The number of nitrogens with zero attached hydrogens (tertiary/aromatic N) is 2. The average molecular weight is 276 g/mol. The van der Waals surface area contributed by atoms with Crippen LogP contribution >= 0.6 is 0 Å². The van der Waals surface area contributed by atoms with Gasteiger partial charge in [0, 0.05) is 13.1 Å². The maximum absolute atomic E-state index is 12.4. The Morgan fingerprint density at radius 2 is 1.85 bits per heavy atom. The highest BCUT2D eigenvalue weighted by molar-refractivity contribution is 6.02. The van der Waals surface area contributed by atoms with E-state index in [1.54, 1.807) is 17.0 Å². The van der Waals surface area contributed by atoms with Gasteiger partial charge in [-0.1, -0.05) is 30.3 Å². The summed E-state index contributed by atoms with van der Waals surface area (Å²) in [4.78, 5) is 26.9. The molecule has 0 aliphatic carbocycles. The molecule has 106 valence electrons. The molecule has 2 fully saturated rings. The smallest absolute Gasteiger partial charge is 0.327 e. The molecule has 3 rings (SSSR count). The van der Waals surface area contributed by atoms with Gasteiger partial charge in [0.05, 0.1) is 13.2 Å². The minimum Gasteiger partial charge on any atom is -0.381 e. The van der Waals surface area contributed by atoms with E-state index < -0.39 is 18.1 Å². The molecule has 0 spiro atoms. The summed E-state index contributed by atoms with van der Waals surface area (Å²) < 4.78 is 5.19. The fourth-order valence-corrected chi connectivity index (χ4v) is 2.58. The highest BCUT2D eigenvalue weighted by Crippen LogP contribution is 2.35. The lowest BCUT2D eigenvalue weighted by Crippen LogP contribution is -2.64. The van der Waals surface area contributed by atoms with Crippen molar-refractivity contribution in [2.24, 2.45) is 0 Å². The third-order valence-corrected chi connectivity index (χ3v) is 3.70. The number of β-lactam (4-membered cyclic amide) rings is 1. The molecule has 6 nitrogen and oxygen atoms in total. The second-order valence-electron chi connectivity index (χ2n) is 4.89. The lowest BCUT2D eigenvalue weighted by Gasteiger charge is -2.45. The summed E-state index contributed by atoms with van der Waals surface area (Å²) in [6.45, 7) is 1.90. The number of urea groups is 1. The predicted octanol–water partition coefficient (Wildman–Crippen LogP) is 0.383. The number of benzene rings is 1. The molecule has 2 atom stereocenters. The van der Waals surface area contributed by atoms with Gasteiger partial charge in [-0.3, -0.25) is 9.69 Å². The zero-order chi connectivity index (χ0) is 14.1. The Bertz CT molecular complexity index is 513. The molecule has 1 aromatic rings. The largest absolute Gasteiger partial charge is 0.381 e. The monoisotopic (exact) mass is 276 g/mol. The highest BCUT2D eigenvalue weighted by atomic mass is 16.5. The van der Waals surface area contributed by atoms with E-state index in [1.807, 2.05) is 18.2 Å². The van der Waals surface area contributed by atoms with Gasteiger partial charge in [0.1, 0.15) is 6.04 Å². The van der Waals surface area contributed by atoms with E-state index in [0.29, 0.717) is 26.3 Å². The van der Waals surface area contributed by atoms with Gasteiger partial charge >= 0.3 is 6.03 Å². The molecule has 2 aliphatic heterocycles. The minimum absolute atomic E-state index is 0.350. The van der Waals surface area contributed by atoms with Gasteiger partial charge in [0.25, 0.3) is 5.91 Å². The number of aliphatic hydroxyl groups excluding tert-OH is 1. The molecule has 1 aromatic carbocycles. The first kappa shape index (κ1) is 13.1. The Balaban J connectivity index is 1.80. The molecule has 0 radical (unpaired) electrons. The molecule has 0 saturated carbocycles. The number of aliphatic hydroxyl groups is 1. The van der Waals surface area contributed by atoms with Gasteiger partial charge in [0.15, 0.2) is 6.10 Å². The summed E-state index contributed by atoms with van der Waals surface area (Å²) in [5, 5.41) is 9.86. The van der Waals surface area contributed by atoms with Crippen molar-refractivity contribution < 1.29 is 19.4 Å². The third-order valence-electron chi connectivity index (χ3n) is 3.70. The number of hydrogen-bond acceptors (Lipinski definition) is 4. The average Bonchev–Trinajstić information content (AvgIpc) is 2.52. The Hall–Kier alpha value is -1.92. The van der Waals surface area contributed by atoms with Crippen molar-refractivity contribution in [1.82, 2.24) is 9.80 Å². The van der Waals surface area contributed by atoms with Crippen molar-refractivity contribution in [3.63, 3.8) is 0 Å². The van der Waals surface area contributed by atoms with E-state index in [4.69, 9.17) is 4.74 Å². The molecule has 20 heavy (non-hydrogen) atoms. The number of likely N-dealkylation sites (tertiary alicyclic amines) is 1. The Kier molecular flexibility index (Phi) is 3.42. The molecule has 2 heterocycles. The van der Waals surface area contributed by atoms with Crippen molar-refractivity contribution in [1.29, 1.82) is 0 Å². The molecular formula is C14H16N2O4. The summed E-state index contributed by atoms with van der Waals surface area (Å²) in [5.74, 6) is -0.532. The molecule has 0 unspecified atom stereocenters. The maximum atomic E-state index is 12.4. The fourth-order valence-electron chi connectivity index (χ4n) is 2.58. The molecule has 2 aliphatic rings. The van der Waals surface area contributed by atoms with Crippen LogP contribution in [0.4, 0.5) is 4.79 Å². The molecule has 1 N–H and O–H groups in total. The fraction of sp³-hybridized carbons (Fsp3) is 0.429. The number of ether oxygens (including phenoxy) is 1. The summed E-state index contributed by atoms with van der Waals surface area (Å²) in [5.41, 5.74) is 0.765. The summed E-state index contributed by atoms with van der Waals surface area (Å²) in [7, 11) is 0. The Morgan fingerprint density at radius 1 is 1.20 bits per heavy atom. The number of amides is 3. The van der Waals surface area contributed by atoms with Crippen LogP contribution < -0.4 is 0 Å². The lowest BCUT2D eigenvalue weighted by molar-refractivity contribution is -0.161. The first-order valence-electron chi connectivity index (χ1n) is 6.63. The van der Waals surface area contributed by atoms with E-state index in [0.717, 1.165) is 10.5 Å². The van der Waals surface area contributed by atoms with Crippen molar-refractivity contribution in [2.45, 2.75) is 12.1 Å². The van der Waals surface area contributed by atoms with Gasteiger partial charge in [0.2, 0.25) is 0 Å². The van der Waals surface area contributed by atoms with Crippen LogP contribution in [0.2, 0.25) is 0 Å². The number of imide groups is 1. The van der Waals surface area contributed by atoms with Crippen LogP contribution in [0.3, 0.4) is 0 Å². The van der Waals surface area contributed by atoms with Crippen molar-refractivity contribution in [2.75, 3.05) is 26.3 Å². The number of hydrogen-bond donors (Lipinski definition) is 1. The normalized spacial score (nSPS) is 26.4. The van der Waals surface area contributed by atoms with Crippen molar-refractivity contribution in [3.05, 3.63) is 35.9 Å². The van der Waals surface area contributed by atoms with E-state index >= 15 is 0 Å². The molecule has 3 amide bonds. The summed E-state index contributed by atoms with van der Waals surface area (Å²) >= 11 is 0. The Labute approximate surface area is 116 Å². The number of morpholine rings is 1. The minimum atomic E-state index is -1.14. The van der Waals surface area contributed by atoms with Crippen LogP contribution in [0.5, 0.6) is 0 Å². The van der Waals surface area contributed by atoms with Crippen LogP contribution in [-0.2, 0) is 9.53 Å². The Morgan fingerprint density at radius 3 is 2.50 bits per heavy atom. The highest BCUT2D eigenvalue weighted by Gasteiger charge is 2.51.